The number of ether oxygens (including phenoxy) is 10. The van der Waals surface area contributed by atoms with Gasteiger partial charge < -0.3 is 83.7 Å². The fraction of sp³-hybridized carbons (Fsp3) is 0.672. The number of nitrogens with one attached hydrogen (secondary N) is 3. The molecule has 86 heavy (non-hydrogen) atoms. The minimum atomic E-state index is -2.32. The third-order valence-corrected chi connectivity index (χ3v) is 18.0. The first-order chi connectivity index (χ1) is 40.6. The molecule has 476 valence electrons. The zero-order chi connectivity index (χ0) is 63.0. The summed E-state index contributed by atoms with van der Waals surface area (Å²) in [6.45, 7) is 12.0. The average Bonchev–Trinajstić information content (AvgIpc) is 0.624. The van der Waals surface area contributed by atoms with Gasteiger partial charge >= 0.3 is 30.0 Å². The van der Waals surface area contributed by atoms with Crippen LogP contribution in [0.15, 0.2) is 60.7 Å². The number of carbonyl (C=O) groups excluding carboxylic acids is 8. The van der Waals surface area contributed by atoms with E-state index in [0.29, 0.717) is 45.8 Å². The van der Waals surface area contributed by atoms with Crippen LogP contribution in [0.2, 0.25) is 0 Å². The van der Waals surface area contributed by atoms with Crippen molar-refractivity contribution in [3.05, 3.63) is 71.8 Å². The first kappa shape index (κ1) is 67.3. The molecule has 25 heteroatoms. The highest BCUT2D eigenvalue weighted by molar-refractivity contribution is 5.90. The Bertz CT molecular complexity index is 2730. The lowest BCUT2D eigenvalue weighted by Crippen LogP contribution is -2.95. The fourth-order valence-electron chi connectivity index (χ4n) is 13.8. The number of amides is 3. The zero-order valence-electron chi connectivity index (χ0n) is 50.4. The number of esters is 4. The summed E-state index contributed by atoms with van der Waals surface area (Å²) in [7, 11) is 1.57. The Hall–Kier alpha value is -6.16. The number of alkyl carbamates (subject to hydrolysis) is 1. The lowest BCUT2D eigenvalue weighted by molar-refractivity contribution is -0.465. The van der Waals surface area contributed by atoms with Gasteiger partial charge in [0.1, 0.15) is 48.3 Å². The maximum atomic E-state index is 15.4. The van der Waals surface area contributed by atoms with E-state index in [1.54, 1.807) is 71.2 Å². The Balaban J connectivity index is 1.10. The van der Waals surface area contributed by atoms with E-state index in [4.69, 9.17) is 47.4 Å². The molecule has 7 rings (SSSR count). The number of fused-ring (bicyclic) bond motifs is 3. The van der Waals surface area contributed by atoms with Gasteiger partial charge in [-0.15, -0.1) is 0 Å². The minimum Gasteiger partial charge on any atom is -0.455 e. The van der Waals surface area contributed by atoms with E-state index in [2.05, 4.69) is 16.0 Å². The molecule has 2 aromatic carbocycles. The first-order valence-electron chi connectivity index (χ1n) is 29.2. The van der Waals surface area contributed by atoms with Crippen molar-refractivity contribution >= 4 is 47.6 Å². The Labute approximate surface area is 500 Å². The van der Waals surface area contributed by atoms with Gasteiger partial charge in [0, 0.05) is 62.5 Å². The molecule has 16 atom stereocenters. The van der Waals surface area contributed by atoms with Crippen LogP contribution in [0.4, 0.5) is 4.79 Å². The summed E-state index contributed by atoms with van der Waals surface area (Å²) in [4.78, 5) is 109. The van der Waals surface area contributed by atoms with Gasteiger partial charge in [-0.05, 0) is 64.7 Å². The highest BCUT2D eigenvalue weighted by atomic mass is 16.6. The van der Waals surface area contributed by atoms with Crippen LogP contribution in [0.3, 0.4) is 0 Å². The van der Waals surface area contributed by atoms with Gasteiger partial charge in [-0.1, -0.05) is 69.3 Å². The SMILES string of the molecule is COCCOCCOCCC(=O)NCCCCC(NC(=O)COCC(=O)O[C@@H](C(=O)O[C@]12C[C@@]3(O)[C@@H](OC(=O)c4ccccc4)[C@@H]4[C@]5(OC(C)=O)CO[C@@H]5C[C@H](O)[C@@]4(C)[C@H](O)[C@H](O)C([C@@H]1C)[C@]32C)[C@@H](NC(=O)OC(C)(C)C)c1ccccc1)C(C)=O. The highest BCUT2D eigenvalue weighted by Crippen LogP contribution is 2.80. The molecule has 25 nitrogen and oxygen atoms in total. The van der Waals surface area contributed by atoms with Crippen LogP contribution < -0.4 is 16.0 Å². The fourth-order valence-corrected chi connectivity index (χ4v) is 13.8. The molecular formula is C61H85N3O22. The first-order valence-corrected chi connectivity index (χ1v) is 29.2. The molecule has 2 unspecified atom stereocenters. The molecule has 1 aliphatic heterocycles. The van der Waals surface area contributed by atoms with Crippen LogP contribution in [-0.4, -0.2) is 200 Å². The van der Waals surface area contributed by atoms with E-state index in [1.165, 1.54) is 45.0 Å². The maximum Gasteiger partial charge on any atom is 0.408 e. The predicted molar refractivity (Wildman–Crippen MR) is 300 cm³/mol. The third-order valence-electron chi connectivity index (χ3n) is 18.0. The molecule has 0 spiro atoms. The molecule has 1 saturated heterocycles. The molecule has 3 amide bonds. The van der Waals surface area contributed by atoms with Crippen LogP contribution in [0.1, 0.15) is 116 Å². The van der Waals surface area contributed by atoms with Crippen LogP contribution in [0, 0.1) is 28.6 Å². The van der Waals surface area contributed by atoms with Crippen molar-refractivity contribution in [2.75, 3.05) is 66.5 Å². The molecule has 5 aliphatic rings. The molecule has 4 aliphatic carbocycles. The van der Waals surface area contributed by atoms with Crippen LogP contribution in [0.25, 0.3) is 0 Å². The Kier molecular flexibility index (Phi) is 21.9. The molecule has 5 fully saturated rings. The van der Waals surface area contributed by atoms with Crippen LogP contribution >= 0.6 is 0 Å². The van der Waals surface area contributed by atoms with E-state index in [1.807, 2.05) is 0 Å². The number of hydrogen-bond donors (Lipinski definition) is 7. The number of hydrogen-bond acceptors (Lipinski definition) is 22. The van der Waals surface area contributed by atoms with Gasteiger partial charge in [-0.3, -0.25) is 19.2 Å². The standard InChI is InChI=1S/C61H85N3O22/c1-35-46-48(71)51(72)57(7)41(67)30-42-59(34-81-42,84-37(3)66)50(57)52(83-53(73)39-20-14-11-15-21-39)60(76)33-61(35,58(46,60)8)85-54(74)49(47(38-18-12-10-13-19-38)64-55(75)86-56(4,5)6)82-45(70)32-80-31-44(69)63-40(36(2)65)22-16-17-24-62-43(68)23-25-78-28-29-79-27-26-77-9/h10-15,18-21,35,40-42,46-52,67,71-72,76H,16-17,22-34H2,1-9H3,(H,62,68)(H,63,69)(H,64,75)/t35-,40?,41-,42+,46?,47-,48+,49+,50-,51+,52-,57+,58+,59-,60+,61+/m0/s1. The lowest BCUT2D eigenvalue weighted by Gasteiger charge is -2.83. The maximum absolute atomic E-state index is 15.4. The number of benzene rings is 2. The molecular weight excluding hydrogens is 1130 g/mol. The third kappa shape index (κ3) is 13.7. The van der Waals surface area contributed by atoms with E-state index < -0.39 is 155 Å². The second kappa shape index (κ2) is 27.9. The van der Waals surface area contributed by atoms with E-state index in [-0.39, 0.29) is 55.3 Å². The Morgan fingerprint density at radius 3 is 2.07 bits per heavy atom. The zero-order valence-corrected chi connectivity index (χ0v) is 50.4. The summed E-state index contributed by atoms with van der Waals surface area (Å²) in [6, 6.07) is 13.2. The Morgan fingerprint density at radius 2 is 1.45 bits per heavy atom. The number of carbonyl (C=O) groups is 8. The number of aliphatic hydroxyl groups is 4. The number of methoxy groups -OCH3 is 1. The molecule has 2 aromatic rings. The van der Waals surface area contributed by atoms with Crippen molar-refractivity contribution in [1.29, 1.82) is 0 Å². The summed E-state index contributed by atoms with van der Waals surface area (Å²) < 4.78 is 57.6. The molecule has 0 aromatic heterocycles. The summed E-state index contributed by atoms with van der Waals surface area (Å²) in [6.07, 6.45) is -10.4. The van der Waals surface area contributed by atoms with Crippen LogP contribution in [0.5, 0.6) is 0 Å². The van der Waals surface area contributed by atoms with Gasteiger partial charge in [0.15, 0.2) is 11.4 Å². The van der Waals surface area contributed by atoms with Crippen molar-refractivity contribution in [3.8, 4) is 0 Å². The van der Waals surface area contributed by atoms with Gasteiger partial charge in [-0.25, -0.2) is 19.2 Å². The second-order valence-electron chi connectivity index (χ2n) is 24.5. The number of Topliss-reactive ketones (excluding diaryl/α,β-unsaturated/α-hetero) is 1. The largest absolute Gasteiger partial charge is 0.455 e. The summed E-state index contributed by atoms with van der Waals surface area (Å²) in [5.41, 5.74) is -10.4. The number of rotatable bonds is 29. The molecule has 7 N–H and O–H groups in total. The minimum absolute atomic E-state index is 0.0564. The van der Waals surface area contributed by atoms with Gasteiger partial charge in [-0.2, -0.15) is 0 Å². The predicted octanol–water partition coefficient (Wildman–Crippen LogP) is 2.35. The number of aliphatic hydroxyl groups excluding tert-OH is 3. The average molecular weight is 1210 g/mol. The summed E-state index contributed by atoms with van der Waals surface area (Å²) in [5.74, 6) is -9.15. The topological polar surface area (TPSA) is 346 Å². The summed E-state index contributed by atoms with van der Waals surface area (Å²) >= 11 is 0. The molecule has 1 heterocycles. The second-order valence-corrected chi connectivity index (χ2v) is 24.5. The molecule has 0 radical (unpaired) electrons. The lowest BCUT2D eigenvalue weighted by atomic mass is 9.25. The molecule has 0 bridgehead atoms. The van der Waals surface area contributed by atoms with Crippen molar-refractivity contribution < 1.29 is 106 Å². The van der Waals surface area contributed by atoms with E-state index >= 15 is 4.79 Å². The smallest absolute Gasteiger partial charge is 0.408 e. The van der Waals surface area contributed by atoms with Crippen molar-refractivity contribution in [1.82, 2.24) is 16.0 Å². The van der Waals surface area contributed by atoms with E-state index in [9.17, 15) is 54.0 Å². The van der Waals surface area contributed by atoms with Gasteiger partial charge in [0.05, 0.1) is 75.5 Å². The van der Waals surface area contributed by atoms with Crippen molar-refractivity contribution in [2.24, 2.45) is 28.6 Å². The van der Waals surface area contributed by atoms with Gasteiger partial charge in [0.2, 0.25) is 17.9 Å². The number of ketones is 1. The Morgan fingerprint density at radius 1 is 0.802 bits per heavy atom. The van der Waals surface area contributed by atoms with Crippen LogP contribution in [-0.2, 0) is 76.1 Å². The van der Waals surface area contributed by atoms with Crippen molar-refractivity contribution in [3.63, 3.8) is 0 Å². The quantitative estimate of drug-likeness (QED) is 0.0349. The van der Waals surface area contributed by atoms with E-state index in [0.717, 1.165) is 6.92 Å². The highest BCUT2D eigenvalue weighted by Gasteiger charge is 2.92. The molecule has 4 saturated carbocycles. The normalized spacial score (nSPS) is 31.4. The van der Waals surface area contributed by atoms with Crippen molar-refractivity contribution in [2.45, 2.75) is 165 Å². The summed E-state index contributed by atoms with van der Waals surface area (Å²) in [5, 5.41) is 58.9. The van der Waals surface area contributed by atoms with Gasteiger partial charge in [0.25, 0.3) is 0 Å². The number of unbranched alkanes of at least 4 members (excludes halogenated alkanes) is 1. The monoisotopic (exact) mass is 1210 g/mol.